The normalized spacial score (nSPS) is 18.9. The molecule has 1 amide bonds. The van der Waals surface area contributed by atoms with Gasteiger partial charge in [-0.3, -0.25) is 0 Å². The van der Waals surface area contributed by atoms with Gasteiger partial charge in [-0.25, -0.2) is 32.2 Å². The van der Waals surface area contributed by atoms with Crippen LogP contribution in [0.4, 0.5) is 22.4 Å². The molecular weight excluding hydrogens is 474 g/mol. The molecule has 0 unspecified atom stereocenters. The van der Waals surface area contributed by atoms with Crippen molar-refractivity contribution in [1.29, 1.82) is 0 Å². The Morgan fingerprint density at radius 2 is 1.47 bits per heavy atom. The van der Waals surface area contributed by atoms with Gasteiger partial charge in [0.2, 0.25) is 5.96 Å². The number of carbonyl (C=O) groups is 1. The predicted molar refractivity (Wildman–Crippen MR) is 127 cm³/mol. The molecule has 36 heavy (non-hydrogen) atoms. The molecule has 1 saturated heterocycles. The zero-order chi connectivity index (χ0) is 26.0. The maximum Gasteiger partial charge on any atom is 0.417 e. The second kappa shape index (κ2) is 10.0. The van der Waals surface area contributed by atoms with Gasteiger partial charge < -0.3 is 10.1 Å². The molecular formula is C27H25F4N3O2. The number of nitrogens with zero attached hydrogens (tertiary/aromatic N) is 2. The summed E-state index contributed by atoms with van der Waals surface area (Å²) < 4.78 is 60.1. The van der Waals surface area contributed by atoms with Gasteiger partial charge in [0.05, 0.1) is 18.6 Å². The fraction of sp³-hybridized carbons (Fsp3) is 0.259. The van der Waals surface area contributed by atoms with Gasteiger partial charge in [-0.2, -0.15) is 0 Å². The summed E-state index contributed by atoms with van der Waals surface area (Å²) in [6.45, 7) is 5.09. The second-order valence-corrected chi connectivity index (χ2v) is 9.41. The van der Waals surface area contributed by atoms with E-state index in [1.807, 2.05) is 0 Å². The first-order chi connectivity index (χ1) is 17.0. The van der Waals surface area contributed by atoms with Crippen LogP contribution >= 0.6 is 0 Å². The lowest BCUT2D eigenvalue weighted by molar-refractivity contribution is 0.0320. The quantitative estimate of drug-likeness (QED) is 0.422. The molecule has 4 rings (SSSR count). The van der Waals surface area contributed by atoms with E-state index in [1.165, 1.54) is 35.2 Å². The van der Waals surface area contributed by atoms with E-state index in [4.69, 9.17) is 4.74 Å². The molecule has 0 aliphatic carbocycles. The van der Waals surface area contributed by atoms with E-state index in [2.05, 4.69) is 10.3 Å². The highest BCUT2D eigenvalue weighted by Gasteiger charge is 2.45. The van der Waals surface area contributed by atoms with Crippen LogP contribution in [-0.2, 0) is 11.3 Å². The van der Waals surface area contributed by atoms with Gasteiger partial charge in [0.15, 0.2) is 11.6 Å². The van der Waals surface area contributed by atoms with Crippen LogP contribution in [0.2, 0.25) is 0 Å². The first-order valence-electron chi connectivity index (χ1n) is 11.3. The van der Waals surface area contributed by atoms with E-state index in [9.17, 15) is 22.4 Å². The van der Waals surface area contributed by atoms with Gasteiger partial charge in [-0.05, 0) is 73.9 Å². The lowest BCUT2D eigenvalue weighted by atomic mass is 9.94. The molecule has 0 bridgehead atoms. The number of hydrogen-bond donors (Lipinski definition) is 1. The highest BCUT2D eigenvalue weighted by molar-refractivity contribution is 5.97. The zero-order valence-electron chi connectivity index (χ0n) is 19.9. The highest BCUT2D eigenvalue weighted by atomic mass is 19.2. The Hall–Kier alpha value is -3.88. The van der Waals surface area contributed by atoms with Crippen LogP contribution in [0.15, 0.2) is 71.7 Å². The molecule has 3 aromatic carbocycles. The average molecular weight is 500 g/mol. The summed E-state index contributed by atoms with van der Waals surface area (Å²) in [6.07, 6.45) is -0.710. The molecule has 9 heteroatoms. The van der Waals surface area contributed by atoms with Crippen LogP contribution in [0.1, 0.15) is 49.5 Å². The Morgan fingerprint density at radius 1 is 0.889 bits per heavy atom. The number of benzene rings is 3. The smallest absolute Gasteiger partial charge is 0.417 e. The molecule has 1 N–H and O–H groups in total. The lowest BCUT2D eigenvalue weighted by Crippen LogP contribution is -2.41. The number of nitrogens with one attached hydrogen (secondary N) is 1. The first kappa shape index (κ1) is 25.2. The number of guanidine groups is 1. The van der Waals surface area contributed by atoms with Crippen molar-refractivity contribution in [2.45, 2.75) is 45.0 Å². The summed E-state index contributed by atoms with van der Waals surface area (Å²) in [5.74, 6) is -2.74. The molecule has 0 aromatic heterocycles. The highest BCUT2D eigenvalue weighted by Crippen LogP contribution is 2.40. The van der Waals surface area contributed by atoms with Crippen molar-refractivity contribution in [3.8, 4) is 0 Å². The maximum atomic E-state index is 13.7. The molecule has 188 valence electrons. The van der Waals surface area contributed by atoms with Crippen molar-refractivity contribution >= 4 is 12.1 Å². The molecule has 1 heterocycles. The van der Waals surface area contributed by atoms with E-state index < -0.39 is 47.0 Å². The fourth-order valence-electron chi connectivity index (χ4n) is 3.94. The predicted octanol–water partition coefficient (Wildman–Crippen LogP) is 6.42. The SMILES string of the molecule is CC(C)(C)OC(=O)N1C(=NCc2ccc(F)c(F)c2)N[C@H](c2ccc(F)cc2)[C@@H]1c1ccc(F)cc1. The van der Waals surface area contributed by atoms with Gasteiger partial charge in [0.1, 0.15) is 17.2 Å². The van der Waals surface area contributed by atoms with Gasteiger partial charge in [-0.15, -0.1) is 0 Å². The Kier molecular flexibility index (Phi) is 7.01. The third-order valence-electron chi connectivity index (χ3n) is 5.53. The summed E-state index contributed by atoms with van der Waals surface area (Å²) in [6, 6.07) is 13.5. The summed E-state index contributed by atoms with van der Waals surface area (Å²) in [4.78, 5) is 19.2. The Morgan fingerprint density at radius 3 is 2.03 bits per heavy atom. The van der Waals surface area contributed by atoms with Crippen LogP contribution in [0.3, 0.4) is 0 Å². The zero-order valence-corrected chi connectivity index (χ0v) is 19.9. The minimum absolute atomic E-state index is 0.0644. The van der Waals surface area contributed by atoms with Crippen molar-refractivity contribution in [2.75, 3.05) is 0 Å². The second-order valence-electron chi connectivity index (χ2n) is 9.41. The molecule has 1 fully saturated rings. The number of rotatable bonds is 4. The largest absolute Gasteiger partial charge is 0.443 e. The summed E-state index contributed by atoms with van der Waals surface area (Å²) >= 11 is 0. The van der Waals surface area contributed by atoms with Gasteiger partial charge in [-0.1, -0.05) is 30.3 Å². The van der Waals surface area contributed by atoms with E-state index >= 15 is 0 Å². The number of amides is 1. The topological polar surface area (TPSA) is 53.9 Å². The van der Waals surface area contributed by atoms with Crippen LogP contribution < -0.4 is 5.32 Å². The van der Waals surface area contributed by atoms with Crippen molar-refractivity contribution in [2.24, 2.45) is 4.99 Å². The number of ether oxygens (including phenoxy) is 1. The van der Waals surface area contributed by atoms with Crippen molar-refractivity contribution < 1.29 is 27.1 Å². The van der Waals surface area contributed by atoms with Crippen LogP contribution in [0.5, 0.6) is 0 Å². The number of halogens is 4. The van der Waals surface area contributed by atoms with Crippen LogP contribution in [0, 0.1) is 23.3 Å². The maximum absolute atomic E-state index is 13.7. The minimum Gasteiger partial charge on any atom is -0.443 e. The lowest BCUT2D eigenvalue weighted by Gasteiger charge is -2.29. The first-order valence-corrected chi connectivity index (χ1v) is 11.3. The van der Waals surface area contributed by atoms with Gasteiger partial charge >= 0.3 is 6.09 Å². The molecule has 2 atom stereocenters. The summed E-state index contributed by atoms with van der Waals surface area (Å²) in [7, 11) is 0. The molecule has 0 saturated carbocycles. The molecule has 0 spiro atoms. The minimum atomic E-state index is -1.01. The Bertz CT molecular complexity index is 1270. The number of carbonyl (C=O) groups excluding carboxylic acids is 1. The van der Waals surface area contributed by atoms with Crippen LogP contribution in [-0.4, -0.2) is 22.6 Å². The van der Waals surface area contributed by atoms with E-state index in [-0.39, 0.29) is 12.5 Å². The van der Waals surface area contributed by atoms with Gasteiger partial charge in [0, 0.05) is 0 Å². The molecule has 1 aliphatic heterocycles. The average Bonchev–Trinajstić information content (AvgIpc) is 3.19. The fourth-order valence-corrected chi connectivity index (χ4v) is 3.94. The monoisotopic (exact) mass is 499 g/mol. The molecule has 1 aliphatic rings. The number of aliphatic imine (C=N–C) groups is 1. The van der Waals surface area contributed by atoms with E-state index in [0.29, 0.717) is 16.7 Å². The number of hydrogen-bond acceptors (Lipinski definition) is 3. The van der Waals surface area contributed by atoms with Crippen molar-refractivity contribution in [3.05, 3.63) is 107 Å². The summed E-state index contributed by atoms with van der Waals surface area (Å²) in [5.41, 5.74) is 0.791. The van der Waals surface area contributed by atoms with Crippen molar-refractivity contribution in [1.82, 2.24) is 10.2 Å². The van der Waals surface area contributed by atoms with Crippen molar-refractivity contribution in [3.63, 3.8) is 0 Å². The third kappa shape index (κ3) is 5.67. The standard InChI is InChI=1S/C27H25F4N3O2/c1-27(2,3)36-26(35)34-24(18-7-11-20(29)12-8-18)23(17-5-9-19(28)10-6-17)33-25(34)32-15-16-4-13-21(30)22(31)14-16/h4-14,23-24H,15H2,1-3H3,(H,32,33)/t23-,24+/m1/s1. The van der Waals surface area contributed by atoms with E-state index in [1.54, 1.807) is 45.0 Å². The van der Waals surface area contributed by atoms with Crippen LogP contribution in [0.25, 0.3) is 0 Å². The molecule has 5 nitrogen and oxygen atoms in total. The molecule has 0 radical (unpaired) electrons. The Balaban J connectivity index is 1.80. The third-order valence-corrected chi connectivity index (χ3v) is 5.53. The Labute approximate surface area is 206 Å². The van der Waals surface area contributed by atoms with Gasteiger partial charge in [0.25, 0.3) is 0 Å². The van der Waals surface area contributed by atoms with E-state index in [0.717, 1.165) is 12.1 Å². The molecule has 3 aromatic rings. The summed E-state index contributed by atoms with van der Waals surface area (Å²) in [5, 5.41) is 3.19.